The van der Waals surface area contributed by atoms with Crippen LogP contribution in [0.15, 0.2) is 0 Å². The Hall–Kier alpha value is -0.140. The summed E-state index contributed by atoms with van der Waals surface area (Å²) in [6, 6.07) is 0. The number of carbonyl (C=O) groups is 1. The maximum absolute atomic E-state index is 11.6. The molecule has 0 spiro atoms. The first-order chi connectivity index (χ1) is 6.62. The van der Waals surface area contributed by atoms with Gasteiger partial charge < -0.3 is 4.74 Å². The van der Waals surface area contributed by atoms with Gasteiger partial charge in [-0.25, -0.2) is 0 Å². The molecule has 0 amide bonds. The van der Waals surface area contributed by atoms with E-state index >= 15 is 0 Å². The van der Waals surface area contributed by atoms with E-state index in [2.05, 4.69) is 21.4 Å². The molecule has 0 aromatic rings. The van der Waals surface area contributed by atoms with E-state index in [1.54, 1.807) is 0 Å². The van der Waals surface area contributed by atoms with E-state index in [0.717, 1.165) is 6.42 Å². The van der Waals surface area contributed by atoms with Crippen LogP contribution in [0.2, 0.25) is 0 Å². The lowest BCUT2D eigenvalue weighted by Crippen LogP contribution is -2.29. The minimum Gasteiger partial charge on any atom is -0.469 e. The van der Waals surface area contributed by atoms with Crippen molar-refractivity contribution in [1.29, 1.82) is 0 Å². The van der Waals surface area contributed by atoms with Crippen molar-refractivity contribution in [2.75, 3.05) is 7.11 Å². The Balaban J connectivity index is 2.02. The predicted molar refractivity (Wildman–Crippen MR) is 57.6 cm³/mol. The number of carbonyl (C=O) groups excluding carboxylic acids is 1. The maximum atomic E-state index is 11.6. The van der Waals surface area contributed by atoms with Crippen molar-refractivity contribution >= 4 is 15.4 Å². The van der Waals surface area contributed by atoms with Gasteiger partial charge in [0.15, 0.2) is 0 Å². The summed E-state index contributed by atoms with van der Waals surface area (Å²) < 4.78 is 4.88. The lowest BCUT2D eigenvalue weighted by molar-refractivity contribution is -0.147. The summed E-state index contributed by atoms with van der Waals surface area (Å²) in [6.45, 7) is 2.17. The SMILES string of the molecule is COC(=O)C(C1CC1)C1CC1(C)NP. The fourth-order valence-electron chi connectivity index (χ4n) is 2.36. The highest BCUT2D eigenvalue weighted by Crippen LogP contribution is 2.55. The van der Waals surface area contributed by atoms with E-state index in [-0.39, 0.29) is 17.4 Å². The Bertz CT molecular complexity index is 255. The molecule has 3 nitrogen and oxygen atoms in total. The molecule has 2 aliphatic rings. The number of esters is 1. The summed E-state index contributed by atoms with van der Waals surface area (Å²) in [7, 11) is 4.05. The molecule has 0 aromatic carbocycles. The van der Waals surface area contributed by atoms with E-state index in [1.807, 2.05) is 0 Å². The van der Waals surface area contributed by atoms with Crippen LogP contribution in [0, 0.1) is 17.8 Å². The molecule has 2 saturated carbocycles. The second-order valence-corrected chi connectivity index (χ2v) is 5.05. The Morgan fingerprint density at radius 2 is 2.29 bits per heavy atom. The molecule has 0 heterocycles. The summed E-state index contributed by atoms with van der Waals surface area (Å²) in [6.07, 6.45) is 3.49. The zero-order valence-corrected chi connectivity index (χ0v) is 9.90. The molecule has 0 aliphatic heterocycles. The fraction of sp³-hybridized carbons (Fsp3) is 0.900. The van der Waals surface area contributed by atoms with Gasteiger partial charge in [-0.05, 0) is 38.0 Å². The van der Waals surface area contributed by atoms with Crippen LogP contribution >= 0.6 is 9.39 Å². The molecule has 2 fully saturated rings. The number of hydrogen-bond donors (Lipinski definition) is 1. The van der Waals surface area contributed by atoms with Gasteiger partial charge in [-0.3, -0.25) is 9.88 Å². The monoisotopic (exact) mass is 215 g/mol. The summed E-state index contributed by atoms with van der Waals surface area (Å²) in [5.74, 6) is 1.19. The lowest BCUT2D eigenvalue weighted by Gasteiger charge is -2.17. The number of hydrogen-bond acceptors (Lipinski definition) is 3. The fourth-order valence-corrected chi connectivity index (χ4v) is 2.70. The Morgan fingerprint density at radius 1 is 1.64 bits per heavy atom. The van der Waals surface area contributed by atoms with Gasteiger partial charge in [-0.1, -0.05) is 9.39 Å². The van der Waals surface area contributed by atoms with Crippen molar-refractivity contribution in [3.8, 4) is 0 Å². The van der Waals surface area contributed by atoms with E-state index in [1.165, 1.54) is 20.0 Å². The van der Waals surface area contributed by atoms with Gasteiger partial charge in [0.1, 0.15) is 0 Å². The third-order valence-corrected chi connectivity index (χ3v) is 4.33. The van der Waals surface area contributed by atoms with Crippen molar-refractivity contribution in [2.24, 2.45) is 17.8 Å². The minimum atomic E-state index is -0.0125. The van der Waals surface area contributed by atoms with Gasteiger partial charge in [0.25, 0.3) is 0 Å². The van der Waals surface area contributed by atoms with E-state index in [9.17, 15) is 4.79 Å². The number of rotatable bonds is 4. The van der Waals surface area contributed by atoms with Gasteiger partial charge in [-0.15, -0.1) is 0 Å². The van der Waals surface area contributed by atoms with E-state index in [4.69, 9.17) is 4.74 Å². The lowest BCUT2D eigenvalue weighted by atomic mass is 9.95. The highest BCUT2D eigenvalue weighted by atomic mass is 31.0. The molecule has 4 heteroatoms. The average molecular weight is 215 g/mol. The normalized spacial score (nSPS) is 37.8. The standard InChI is InChI=1S/C10H18NO2P/c1-10(11-14)5-7(10)8(6-3-4-6)9(12)13-2/h6-8,11H,3-5,14H2,1-2H3. The molecule has 14 heavy (non-hydrogen) atoms. The number of ether oxygens (including phenoxy) is 1. The third kappa shape index (κ3) is 1.68. The van der Waals surface area contributed by atoms with Crippen molar-refractivity contribution < 1.29 is 9.53 Å². The van der Waals surface area contributed by atoms with Crippen molar-refractivity contribution in [2.45, 2.75) is 31.7 Å². The number of methoxy groups -OCH3 is 1. The molecule has 1 N–H and O–H groups in total. The zero-order chi connectivity index (χ0) is 10.3. The molecule has 2 rings (SSSR count). The van der Waals surface area contributed by atoms with Crippen LogP contribution in [0.4, 0.5) is 0 Å². The zero-order valence-electron chi connectivity index (χ0n) is 8.75. The summed E-state index contributed by atoms with van der Waals surface area (Å²) in [5, 5.41) is 3.22. The predicted octanol–water partition coefficient (Wildman–Crippen LogP) is 1.34. The van der Waals surface area contributed by atoms with Gasteiger partial charge >= 0.3 is 5.97 Å². The van der Waals surface area contributed by atoms with Crippen LogP contribution in [0.1, 0.15) is 26.2 Å². The van der Waals surface area contributed by atoms with Crippen molar-refractivity contribution in [3.63, 3.8) is 0 Å². The Labute approximate surface area is 87.2 Å². The molecule has 0 radical (unpaired) electrons. The summed E-state index contributed by atoms with van der Waals surface area (Å²) in [5.41, 5.74) is 0.145. The number of nitrogens with one attached hydrogen (secondary N) is 1. The first-order valence-corrected chi connectivity index (χ1v) is 5.75. The van der Waals surface area contributed by atoms with Crippen LogP contribution in [-0.2, 0) is 9.53 Å². The van der Waals surface area contributed by atoms with Gasteiger partial charge in [0.2, 0.25) is 0 Å². The van der Waals surface area contributed by atoms with Crippen LogP contribution in [0.25, 0.3) is 0 Å². The average Bonchev–Trinajstić information content (AvgIpc) is 3.06. The minimum absolute atomic E-state index is 0.0125. The second-order valence-electron chi connectivity index (χ2n) is 4.76. The smallest absolute Gasteiger partial charge is 0.309 e. The molecule has 2 aliphatic carbocycles. The maximum Gasteiger partial charge on any atom is 0.309 e. The molecule has 0 bridgehead atoms. The molecule has 0 saturated heterocycles. The molecule has 4 atom stereocenters. The van der Waals surface area contributed by atoms with Crippen molar-refractivity contribution in [1.82, 2.24) is 5.09 Å². The van der Waals surface area contributed by atoms with E-state index < -0.39 is 0 Å². The largest absolute Gasteiger partial charge is 0.469 e. The first kappa shape index (κ1) is 10.4. The van der Waals surface area contributed by atoms with Gasteiger partial charge in [0, 0.05) is 5.54 Å². The summed E-state index contributed by atoms with van der Waals surface area (Å²) in [4.78, 5) is 11.6. The van der Waals surface area contributed by atoms with Crippen LogP contribution < -0.4 is 5.09 Å². The molecular formula is C10H18NO2P. The Morgan fingerprint density at radius 3 is 2.64 bits per heavy atom. The highest BCUT2D eigenvalue weighted by molar-refractivity contribution is 7.13. The van der Waals surface area contributed by atoms with Gasteiger partial charge in [-0.2, -0.15) is 0 Å². The molecular weight excluding hydrogens is 197 g/mol. The van der Waals surface area contributed by atoms with Gasteiger partial charge in [0.05, 0.1) is 13.0 Å². The van der Waals surface area contributed by atoms with Crippen LogP contribution in [0.3, 0.4) is 0 Å². The topological polar surface area (TPSA) is 38.3 Å². The quantitative estimate of drug-likeness (QED) is 0.568. The Kier molecular flexibility index (Phi) is 2.57. The van der Waals surface area contributed by atoms with Crippen LogP contribution in [-0.4, -0.2) is 18.6 Å². The van der Waals surface area contributed by atoms with Crippen molar-refractivity contribution in [3.05, 3.63) is 0 Å². The first-order valence-electron chi connectivity index (χ1n) is 5.18. The molecule has 0 aromatic heterocycles. The summed E-state index contributed by atoms with van der Waals surface area (Å²) >= 11 is 0. The third-order valence-electron chi connectivity index (χ3n) is 3.67. The van der Waals surface area contributed by atoms with E-state index in [0.29, 0.717) is 11.8 Å². The second kappa shape index (κ2) is 3.46. The highest BCUT2D eigenvalue weighted by Gasteiger charge is 2.59. The molecule has 80 valence electrons. The van der Waals surface area contributed by atoms with Crippen LogP contribution in [0.5, 0.6) is 0 Å². The molecule has 4 unspecified atom stereocenters.